The molecule has 0 aromatic heterocycles. The molecule has 0 aliphatic rings. The molecule has 0 atom stereocenters. The normalized spacial score (nSPS) is 12.4. The summed E-state index contributed by atoms with van der Waals surface area (Å²) >= 11 is 0. The minimum absolute atomic E-state index is 0.119. The highest BCUT2D eigenvalue weighted by Crippen LogP contribution is 2.22. The van der Waals surface area contributed by atoms with E-state index in [1.807, 2.05) is 0 Å². The third-order valence-corrected chi connectivity index (χ3v) is 8.41. The highest BCUT2D eigenvalue weighted by atomic mass is 28.3. The Morgan fingerprint density at radius 3 is 2.00 bits per heavy atom. The fourth-order valence-electron chi connectivity index (χ4n) is 1.74. The van der Waals surface area contributed by atoms with Crippen LogP contribution >= 0.6 is 0 Å². The Labute approximate surface area is 98.9 Å². The first-order chi connectivity index (χ1) is 7.53. The van der Waals surface area contributed by atoms with Gasteiger partial charge in [-0.15, -0.1) is 0 Å². The molecular formula is C12H22O3Si. The summed E-state index contributed by atoms with van der Waals surface area (Å²) in [7, 11) is -1.46. The molecule has 0 aromatic rings. The van der Waals surface area contributed by atoms with Gasteiger partial charge >= 0.3 is 5.97 Å². The molecule has 0 saturated heterocycles. The summed E-state index contributed by atoms with van der Waals surface area (Å²) in [6.07, 6.45) is 0.811. The van der Waals surface area contributed by atoms with Crippen molar-refractivity contribution >= 4 is 20.3 Å². The maximum Gasteiger partial charge on any atom is 0.302 e. The third-order valence-electron chi connectivity index (χ3n) is 3.20. The zero-order valence-corrected chi connectivity index (χ0v) is 11.7. The van der Waals surface area contributed by atoms with Gasteiger partial charge in [-0.2, -0.15) is 0 Å². The van der Waals surface area contributed by atoms with Gasteiger partial charge in [0.1, 0.15) is 12.9 Å². The second-order valence-corrected chi connectivity index (χ2v) is 9.18. The Bertz CT molecular complexity index is 259. The van der Waals surface area contributed by atoms with Crippen molar-refractivity contribution in [2.45, 2.75) is 45.8 Å². The zero-order chi connectivity index (χ0) is 12.6. The van der Waals surface area contributed by atoms with Crippen molar-refractivity contribution in [2.75, 3.05) is 6.61 Å². The van der Waals surface area contributed by atoms with E-state index in [2.05, 4.69) is 26.5 Å². The van der Waals surface area contributed by atoms with Gasteiger partial charge in [-0.25, -0.2) is 0 Å². The second-order valence-electron chi connectivity index (χ2n) is 4.04. The van der Waals surface area contributed by atoms with E-state index < -0.39 is 8.07 Å². The molecule has 0 fully saturated rings. The van der Waals surface area contributed by atoms with Crippen LogP contribution in [0.5, 0.6) is 0 Å². The fraction of sp³-hybridized carbons (Fsp3) is 0.667. The Hall–Kier alpha value is -0.903. The lowest BCUT2D eigenvalue weighted by Crippen LogP contribution is -2.30. The molecule has 0 amide bonds. The molecule has 0 saturated carbocycles. The van der Waals surface area contributed by atoms with E-state index in [0.717, 1.165) is 24.4 Å². The number of aldehydes is 1. The molecule has 0 bridgehead atoms. The molecule has 0 aromatic carbocycles. The summed E-state index contributed by atoms with van der Waals surface area (Å²) < 4.78 is 4.86. The standard InChI is InChI=1S/C12H22O3Si/c1-5-16(6-2,7-3)10-12(8-13)9-15-11(4)14/h8,10H,5-7,9H2,1-4H3/b12-10+. The first-order valence-corrected chi connectivity index (χ1v) is 8.53. The van der Waals surface area contributed by atoms with Crippen LogP contribution in [0, 0.1) is 0 Å². The molecule has 0 unspecified atom stereocenters. The van der Waals surface area contributed by atoms with Crippen molar-refractivity contribution in [1.29, 1.82) is 0 Å². The Morgan fingerprint density at radius 1 is 1.19 bits per heavy atom. The van der Waals surface area contributed by atoms with Crippen LogP contribution in [0.2, 0.25) is 18.1 Å². The topological polar surface area (TPSA) is 43.4 Å². The molecule has 92 valence electrons. The van der Waals surface area contributed by atoms with E-state index in [1.54, 1.807) is 0 Å². The van der Waals surface area contributed by atoms with Crippen molar-refractivity contribution in [3.05, 3.63) is 11.3 Å². The summed E-state index contributed by atoms with van der Waals surface area (Å²) in [6.45, 7) is 7.98. The predicted molar refractivity (Wildman–Crippen MR) is 68.0 cm³/mol. The number of carbonyl (C=O) groups is 2. The molecule has 0 spiro atoms. The van der Waals surface area contributed by atoms with Crippen LogP contribution in [0.4, 0.5) is 0 Å². The molecule has 3 nitrogen and oxygen atoms in total. The van der Waals surface area contributed by atoms with Crippen molar-refractivity contribution < 1.29 is 14.3 Å². The van der Waals surface area contributed by atoms with Crippen LogP contribution in [0.3, 0.4) is 0 Å². The lowest BCUT2D eigenvalue weighted by molar-refractivity contribution is -0.140. The highest BCUT2D eigenvalue weighted by Gasteiger charge is 2.24. The number of rotatable bonds is 7. The van der Waals surface area contributed by atoms with Crippen molar-refractivity contribution in [1.82, 2.24) is 0 Å². The molecule has 0 radical (unpaired) electrons. The first-order valence-electron chi connectivity index (χ1n) is 5.83. The summed E-state index contributed by atoms with van der Waals surface area (Å²) in [5, 5.41) is 0. The maximum absolute atomic E-state index is 10.9. The van der Waals surface area contributed by atoms with Crippen molar-refractivity contribution in [3.63, 3.8) is 0 Å². The van der Waals surface area contributed by atoms with Crippen LogP contribution in [0.25, 0.3) is 0 Å². The molecule has 0 N–H and O–H groups in total. The van der Waals surface area contributed by atoms with Gasteiger partial charge in [-0.1, -0.05) is 44.6 Å². The minimum Gasteiger partial charge on any atom is -0.461 e. The minimum atomic E-state index is -1.46. The Kier molecular flexibility index (Phi) is 6.97. The maximum atomic E-state index is 10.9. The second kappa shape index (κ2) is 7.38. The van der Waals surface area contributed by atoms with Crippen LogP contribution < -0.4 is 0 Å². The van der Waals surface area contributed by atoms with E-state index >= 15 is 0 Å². The van der Waals surface area contributed by atoms with Crippen molar-refractivity contribution in [2.24, 2.45) is 0 Å². The van der Waals surface area contributed by atoms with Crippen LogP contribution in [0.15, 0.2) is 11.3 Å². The smallest absolute Gasteiger partial charge is 0.302 e. The van der Waals surface area contributed by atoms with Gasteiger partial charge < -0.3 is 4.74 Å². The van der Waals surface area contributed by atoms with Crippen LogP contribution in [0.1, 0.15) is 27.7 Å². The van der Waals surface area contributed by atoms with E-state index in [9.17, 15) is 9.59 Å². The lowest BCUT2D eigenvalue weighted by Gasteiger charge is -2.24. The molecule has 4 heteroatoms. The van der Waals surface area contributed by atoms with Gasteiger partial charge in [0.15, 0.2) is 0 Å². The SMILES string of the molecule is CC[Si](/C=C(\C=O)COC(C)=O)(CC)CC. The van der Waals surface area contributed by atoms with Gasteiger partial charge in [0, 0.05) is 12.5 Å². The quantitative estimate of drug-likeness (QED) is 0.298. The van der Waals surface area contributed by atoms with Gasteiger partial charge in [-0.05, 0) is 0 Å². The largest absolute Gasteiger partial charge is 0.461 e. The van der Waals surface area contributed by atoms with Gasteiger partial charge in [0.2, 0.25) is 0 Å². The summed E-state index contributed by atoms with van der Waals surface area (Å²) in [6, 6.07) is 3.37. The summed E-state index contributed by atoms with van der Waals surface area (Å²) in [4.78, 5) is 21.6. The molecule has 0 aliphatic heterocycles. The van der Waals surface area contributed by atoms with Crippen molar-refractivity contribution in [3.8, 4) is 0 Å². The summed E-state index contributed by atoms with van der Waals surface area (Å²) in [5.74, 6) is -0.343. The van der Waals surface area contributed by atoms with Crippen LogP contribution in [-0.4, -0.2) is 26.9 Å². The lowest BCUT2D eigenvalue weighted by atomic mass is 10.4. The van der Waals surface area contributed by atoms with Gasteiger partial charge in [0.25, 0.3) is 0 Å². The Morgan fingerprint density at radius 2 is 1.69 bits per heavy atom. The van der Waals surface area contributed by atoms with Gasteiger partial charge in [-0.3, -0.25) is 9.59 Å². The number of ether oxygens (including phenoxy) is 1. The first kappa shape index (κ1) is 15.1. The fourth-order valence-corrected chi connectivity index (χ4v) is 4.79. The molecule has 0 aliphatic carbocycles. The number of esters is 1. The number of carbonyl (C=O) groups excluding carboxylic acids is 2. The Balaban J connectivity index is 4.75. The highest BCUT2D eigenvalue weighted by molar-refractivity contribution is 6.84. The molecule has 16 heavy (non-hydrogen) atoms. The number of hydrogen-bond acceptors (Lipinski definition) is 3. The molecular weight excluding hydrogens is 220 g/mol. The average Bonchev–Trinajstić information content (AvgIpc) is 2.30. The van der Waals surface area contributed by atoms with E-state index in [0.29, 0.717) is 5.57 Å². The van der Waals surface area contributed by atoms with Gasteiger partial charge in [0.05, 0.1) is 8.07 Å². The molecule has 0 heterocycles. The molecule has 0 rings (SSSR count). The van der Waals surface area contributed by atoms with E-state index in [1.165, 1.54) is 6.92 Å². The average molecular weight is 242 g/mol. The monoisotopic (exact) mass is 242 g/mol. The van der Waals surface area contributed by atoms with E-state index in [-0.39, 0.29) is 12.6 Å². The predicted octanol–water partition coefficient (Wildman–Crippen LogP) is 2.72. The third kappa shape index (κ3) is 4.75. The summed E-state index contributed by atoms with van der Waals surface area (Å²) in [5.41, 5.74) is 2.72. The van der Waals surface area contributed by atoms with Crippen LogP contribution in [-0.2, 0) is 14.3 Å². The zero-order valence-electron chi connectivity index (χ0n) is 10.7. The number of hydrogen-bond donors (Lipinski definition) is 0. The van der Waals surface area contributed by atoms with E-state index in [4.69, 9.17) is 4.74 Å².